The molecule has 0 saturated carbocycles. The maximum Gasteiger partial charge on any atom is 0.156 e. The SMILES string of the molecule is COC(C)(C=O)c1ccccc1Br. The van der Waals surface area contributed by atoms with Crippen molar-refractivity contribution in [3.8, 4) is 0 Å². The van der Waals surface area contributed by atoms with Crippen molar-refractivity contribution >= 4 is 22.2 Å². The summed E-state index contributed by atoms with van der Waals surface area (Å²) in [7, 11) is 1.52. The predicted molar refractivity (Wildman–Crippen MR) is 54.6 cm³/mol. The summed E-state index contributed by atoms with van der Waals surface area (Å²) in [5.74, 6) is 0. The van der Waals surface area contributed by atoms with E-state index in [1.54, 1.807) is 6.92 Å². The maximum atomic E-state index is 10.9. The van der Waals surface area contributed by atoms with E-state index in [1.807, 2.05) is 24.3 Å². The minimum Gasteiger partial charge on any atom is -0.366 e. The van der Waals surface area contributed by atoms with Gasteiger partial charge in [-0.05, 0) is 13.0 Å². The molecule has 3 heteroatoms. The van der Waals surface area contributed by atoms with Gasteiger partial charge >= 0.3 is 0 Å². The minimum absolute atomic E-state index is 0.799. The monoisotopic (exact) mass is 242 g/mol. The van der Waals surface area contributed by atoms with Gasteiger partial charge in [-0.15, -0.1) is 0 Å². The van der Waals surface area contributed by atoms with Crippen molar-refractivity contribution in [1.29, 1.82) is 0 Å². The fourth-order valence-corrected chi connectivity index (χ4v) is 1.76. The van der Waals surface area contributed by atoms with Crippen molar-refractivity contribution in [2.45, 2.75) is 12.5 Å². The van der Waals surface area contributed by atoms with Gasteiger partial charge in [0.2, 0.25) is 0 Å². The predicted octanol–water partition coefficient (Wildman–Crippen LogP) is 2.51. The third-order valence-corrected chi connectivity index (χ3v) is 2.75. The molecule has 1 rings (SSSR count). The topological polar surface area (TPSA) is 26.3 Å². The van der Waals surface area contributed by atoms with Gasteiger partial charge in [-0.3, -0.25) is 4.79 Å². The molecule has 0 aliphatic rings. The lowest BCUT2D eigenvalue weighted by molar-refractivity contribution is -0.126. The van der Waals surface area contributed by atoms with Crippen LogP contribution in [0.15, 0.2) is 28.7 Å². The molecule has 13 heavy (non-hydrogen) atoms. The largest absolute Gasteiger partial charge is 0.366 e. The molecule has 70 valence electrons. The molecule has 0 spiro atoms. The van der Waals surface area contributed by atoms with Crippen LogP contribution in [0.4, 0.5) is 0 Å². The molecule has 0 amide bonds. The van der Waals surface area contributed by atoms with E-state index in [1.165, 1.54) is 7.11 Å². The summed E-state index contributed by atoms with van der Waals surface area (Å²) < 4.78 is 6.04. The zero-order chi connectivity index (χ0) is 9.90. The number of hydrogen-bond acceptors (Lipinski definition) is 2. The highest BCUT2D eigenvalue weighted by Crippen LogP contribution is 2.28. The van der Waals surface area contributed by atoms with Gasteiger partial charge in [0.15, 0.2) is 6.29 Å². The Morgan fingerprint density at radius 1 is 1.46 bits per heavy atom. The van der Waals surface area contributed by atoms with Gasteiger partial charge in [0.05, 0.1) is 0 Å². The number of aldehydes is 1. The van der Waals surface area contributed by atoms with Gasteiger partial charge in [0.25, 0.3) is 0 Å². The molecule has 0 saturated heterocycles. The van der Waals surface area contributed by atoms with Crippen LogP contribution in [0.5, 0.6) is 0 Å². The van der Waals surface area contributed by atoms with Crippen LogP contribution in [-0.4, -0.2) is 13.4 Å². The van der Waals surface area contributed by atoms with Crippen LogP contribution < -0.4 is 0 Å². The zero-order valence-electron chi connectivity index (χ0n) is 7.58. The number of carbonyl (C=O) groups excluding carboxylic acids is 1. The first-order valence-electron chi connectivity index (χ1n) is 3.90. The van der Waals surface area contributed by atoms with Crippen LogP contribution in [0.25, 0.3) is 0 Å². The smallest absolute Gasteiger partial charge is 0.156 e. The van der Waals surface area contributed by atoms with Crippen molar-refractivity contribution in [3.05, 3.63) is 34.3 Å². The zero-order valence-corrected chi connectivity index (χ0v) is 9.17. The number of halogens is 1. The lowest BCUT2D eigenvalue weighted by Gasteiger charge is -2.22. The van der Waals surface area contributed by atoms with Crippen molar-refractivity contribution in [2.75, 3.05) is 7.11 Å². The van der Waals surface area contributed by atoms with Gasteiger partial charge in [0.1, 0.15) is 5.60 Å². The van der Waals surface area contributed by atoms with Crippen molar-refractivity contribution in [2.24, 2.45) is 0 Å². The molecule has 0 fully saturated rings. The van der Waals surface area contributed by atoms with Crippen molar-refractivity contribution < 1.29 is 9.53 Å². The Morgan fingerprint density at radius 2 is 2.08 bits per heavy atom. The van der Waals surface area contributed by atoms with E-state index in [9.17, 15) is 4.79 Å². The average Bonchev–Trinajstić information content (AvgIpc) is 2.17. The van der Waals surface area contributed by atoms with E-state index < -0.39 is 5.60 Å². The number of carbonyl (C=O) groups is 1. The Morgan fingerprint density at radius 3 is 2.54 bits per heavy atom. The van der Waals surface area contributed by atoms with Crippen LogP contribution in [0.3, 0.4) is 0 Å². The normalized spacial score (nSPS) is 15.0. The Kier molecular flexibility index (Phi) is 3.22. The summed E-state index contributed by atoms with van der Waals surface area (Å²) in [5.41, 5.74) is -0.0207. The molecule has 1 atom stereocenters. The summed E-state index contributed by atoms with van der Waals surface area (Å²) in [6.45, 7) is 1.74. The summed E-state index contributed by atoms with van der Waals surface area (Å²) in [5, 5.41) is 0. The van der Waals surface area contributed by atoms with Crippen LogP contribution in [-0.2, 0) is 15.1 Å². The van der Waals surface area contributed by atoms with Gasteiger partial charge in [-0.25, -0.2) is 0 Å². The third-order valence-electron chi connectivity index (χ3n) is 2.06. The first-order chi connectivity index (χ1) is 6.14. The summed E-state index contributed by atoms with van der Waals surface area (Å²) in [4.78, 5) is 10.9. The lowest BCUT2D eigenvalue weighted by atomic mass is 9.98. The Balaban J connectivity index is 3.19. The van der Waals surface area contributed by atoms with Crippen LogP contribution in [0, 0.1) is 0 Å². The van der Waals surface area contributed by atoms with Crippen LogP contribution >= 0.6 is 15.9 Å². The molecule has 2 nitrogen and oxygen atoms in total. The van der Waals surface area contributed by atoms with Gasteiger partial charge < -0.3 is 4.74 Å². The molecule has 0 bridgehead atoms. The van der Waals surface area contributed by atoms with Gasteiger partial charge in [-0.1, -0.05) is 34.1 Å². The second-order valence-corrected chi connectivity index (χ2v) is 3.76. The van der Waals surface area contributed by atoms with E-state index in [2.05, 4.69) is 15.9 Å². The highest BCUT2D eigenvalue weighted by molar-refractivity contribution is 9.10. The Bertz CT molecular complexity index is 312. The molecule has 0 radical (unpaired) electrons. The third kappa shape index (κ3) is 1.98. The fourth-order valence-electron chi connectivity index (χ4n) is 1.09. The molecule has 1 aromatic rings. The second kappa shape index (κ2) is 4.03. The second-order valence-electron chi connectivity index (χ2n) is 2.91. The van der Waals surface area contributed by atoms with E-state index in [-0.39, 0.29) is 0 Å². The van der Waals surface area contributed by atoms with Crippen molar-refractivity contribution in [1.82, 2.24) is 0 Å². The Hall–Kier alpha value is -0.670. The summed E-state index contributed by atoms with van der Waals surface area (Å²) >= 11 is 3.37. The first-order valence-corrected chi connectivity index (χ1v) is 4.70. The van der Waals surface area contributed by atoms with Gasteiger partial charge in [0, 0.05) is 17.1 Å². The average molecular weight is 243 g/mol. The minimum atomic E-state index is -0.861. The molecule has 0 N–H and O–H groups in total. The van der Waals surface area contributed by atoms with E-state index in [0.29, 0.717) is 0 Å². The number of methoxy groups -OCH3 is 1. The Labute approximate surface area is 86.0 Å². The lowest BCUT2D eigenvalue weighted by Crippen LogP contribution is -2.26. The molecular weight excluding hydrogens is 232 g/mol. The number of ether oxygens (including phenoxy) is 1. The van der Waals surface area contributed by atoms with Crippen molar-refractivity contribution in [3.63, 3.8) is 0 Å². The highest BCUT2D eigenvalue weighted by atomic mass is 79.9. The summed E-state index contributed by atoms with van der Waals surface area (Å²) in [6, 6.07) is 7.52. The molecule has 0 heterocycles. The van der Waals surface area contributed by atoms with E-state index >= 15 is 0 Å². The highest BCUT2D eigenvalue weighted by Gasteiger charge is 2.27. The quantitative estimate of drug-likeness (QED) is 0.762. The molecular formula is C10H11BrO2. The molecule has 0 aromatic heterocycles. The number of rotatable bonds is 3. The summed E-state index contributed by atoms with van der Waals surface area (Å²) in [6.07, 6.45) is 0.799. The standard InChI is InChI=1S/C10H11BrO2/c1-10(7-12,13-2)8-5-3-4-6-9(8)11/h3-7H,1-2H3. The molecule has 0 aliphatic heterocycles. The van der Waals surface area contributed by atoms with Crippen LogP contribution in [0.1, 0.15) is 12.5 Å². The van der Waals surface area contributed by atoms with E-state index in [4.69, 9.17) is 4.74 Å². The first kappa shape index (κ1) is 10.4. The molecule has 1 unspecified atom stereocenters. The number of hydrogen-bond donors (Lipinski definition) is 0. The van der Waals surface area contributed by atoms with Gasteiger partial charge in [-0.2, -0.15) is 0 Å². The molecule has 1 aromatic carbocycles. The molecule has 0 aliphatic carbocycles. The number of benzene rings is 1. The fraction of sp³-hybridized carbons (Fsp3) is 0.300. The van der Waals surface area contributed by atoms with Crippen LogP contribution in [0.2, 0.25) is 0 Å². The maximum absolute atomic E-state index is 10.9. The van der Waals surface area contributed by atoms with E-state index in [0.717, 1.165) is 16.3 Å².